The van der Waals surface area contributed by atoms with Gasteiger partial charge in [-0.2, -0.15) is 0 Å². The Hall–Kier alpha value is -2.14. The van der Waals surface area contributed by atoms with Gasteiger partial charge in [-0.25, -0.2) is 4.57 Å². The number of phosphoric acid groups is 1. The van der Waals surface area contributed by atoms with Gasteiger partial charge < -0.3 is 25.2 Å². The zero-order chi connectivity index (χ0) is 43.2. The van der Waals surface area contributed by atoms with E-state index in [1.165, 1.54) is 96.3 Å². The van der Waals surface area contributed by atoms with Gasteiger partial charge in [-0.15, -0.1) is 0 Å². The number of hydrogen-bond acceptors (Lipinski definition) is 10. The summed E-state index contributed by atoms with van der Waals surface area (Å²) in [5.74, 6) is -1.20. The third-order valence-corrected chi connectivity index (χ3v) is 11.8. The largest absolute Gasteiger partial charge is 0.472 e. The molecule has 0 bridgehead atoms. The van der Waals surface area contributed by atoms with E-state index in [0.717, 1.165) is 38.5 Å². The van der Waals surface area contributed by atoms with Gasteiger partial charge in [-0.3, -0.25) is 23.4 Å². The van der Waals surface area contributed by atoms with Crippen LogP contribution in [0.3, 0.4) is 0 Å². The lowest BCUT2D eigenvalue weighted by atomic mass is 9.90. The highest BCUT2D eigenvalue weighted by molar-refractivity contribution is 7.47. The van der Waals surface area contributed by atoms with Crippen molar-refractivity contribution in [3.8, 4) is 0 Å². The van der Waals surface area contributed by atoms with Gasteiger partial charge in [0, 0.05) is 25.3 Å². The molecule has 0 fully saturated rings. The van der Waals surface area contributed by atoms with E-state index in [0.29, 0.717) is 32.1 Å². The maximum atomic E-state index is 12.7. The Morgan fingerprint density at radius 3 is 1.86 bits per heavy atom. The van der Waals surface area contributed by atoms with E-state index < -0.39 is 38.6 Å². The summed E-state index contributed by atoms with van der Waals surface area (Å²) >= 11 is 0. The highest BCUT2D eigenvalue weighted by Gasteiger charge is 2.27. The van der Waals surface area contributed by atoms with Crippen molar-refractivity contribution in [2.45, 2.75) is 206 Å². The van der Waals surface area contributed by atoms with Crippen LogP contribution < -0.4 is 5.73 Å². The van der Waals surface area contributed by atoms with Crippen molar-refractivity contribution in [3.05, 3.63) is 36.5 Å². The molecular weight excluding hydrogens is 769 g/mol. The van der Waals surface area contributed by atoms with Gasteiger partial charge in [0.2, 0.25) is 0 Å². The molecule has 0 aliphatic heterocycles. The number of aliphatic hydroxyl groups is 1. The minimum atomic E-state index is -4.43. The summed E-state index contributed by atoms with van der Waals surface area (Å²) in [6.07, 6.45) is 39.5. The molecule has 1 aliphatic rings. The maximum Gasteiger partial charge on any atom is 0.472 e. The number of ketones is 1. The third kappa shape index (κ3) is 32.3. The predicted octanol–water partition coefficient (Wildman–Crippen LogP) is 11.3. The van der Waals surface area contributed by atoms with Crippen molar-refractivity contribution in [2.75, 3.05) is 26.4 Å². The molecule has 11 nitrogen and oxygen atoms in total. The monoisotopic (exact) mass is 854 g/mol. The van der Waals surface area contributed by atoms with Crippen LogP contribution in [-0.4, -0.2) is 66.3 Å². The Balaban J connectivity index is 2.30. The number of ether oxygens (including phenoxy) is 2. The van der Waals surface area contributed by atoms with Crippen molar-refractivity contribution in [3.63, 3.8) is 0 Å². The normalized spacial score (nSPS) is 17.5. The average molecular weight is 854 g/mol. The van der Waals surface area contributed by atoms with Crippen LogP contribution in [0.1, 0.15) is 194 Å². The molecule has 1 rings (SSSR count). The van der Waals surface area contributed by atoms with Crippen LogP contribution in [0.5, 0.6) is 0 Å². The van der Waals surface area contributed by atoms with E-state index >= 15 is 0 Å². The second-order valence-corrected chi connectivity index (χ2v) is 17.7. The first-order chi connectivity index (χ1) is 28.6. The van der Waals surface area contributed by atoms with E-state index in [-0.39, 0.29) is 50.2 Å². The van der Waals surface area contributed by atoms with Crippen molar-refractivity contribution in [1.82, 2.24) is 0 Å². The van der Waals surface area contributed by atoms with E-state index in [4.69, 9.17) is 24.3 Å². The van der Waals surface area contributed by atoms with Crippen LogP contribution in [0.2, 0.25) is 0 Å². The molecule has 0 aromatic heterocycles. The summed E-state index contributed by atoms with van der Waals surface area (Å²) in [6.45, 7) is 3.42. The number of carbonyl (C=O) groups excluding carboxylic acids is 3. The first-order valence-electron chi connectivity index (χ1n) is 23.5. The van der Waals surface area contributed by atoms with E-state index in [1.54, 1.807) is 12.2 Å². The number of nitrogens with two attached hydrogens (primary N) is 1. The van der Waals surface area contributed by atoms with Crippen LogP contribution in [0.15, 0.2) is 36.5 Å². The van der Waals surface area contributed by atoms with Crippen molar-refractivity contribution in [2.24, 2.45) is 17.6 Å². The molecule has 12 heteroatoms. The number of carbonyl (C=O) groups is 3. The Morgan fingerprint density at radius 1 is 0.746 bits per heavy atom. The highest BCUT2D eigenvalue weighted by atomic mass is 31.2. The predicted molar refractivity (Wildman–Crippen MR) is 238 cm³/mol. The highest BCUT2D eigenvalue weighted by Crippen LogP contribution is 2.43. The summed E-state index contributed by atoms with van der Waals surface area (Å²) < 4.78 is 32.8. The number of aliphatic hydroxyl groups excluding tert-OH is 1. The summed E-state index contributed by atoms with van der Waals surface area (Å²) in [7, 11) is -4.43. The third-order valence-electron chi connectivity index (χ3n) is 10.8. The zero-order valence-corrected chi connectivity index (χ0v) is 38.0. The number of unbranched alkanes of at least 4 members (excludes halogenated alkanes) is 21. The lowest BCUT2D eigenvalue weighted by Crippen LogP contribution is -2.29. The van der Waals surface area contributed by atoms with Crippen molar-refractivity contribution >= 4 is 25.5 Å². The molecule has 59 heavy (non-hydrogen) atoms. The van der Waals surface area contributed by atoms with Crippen molar-refractivity contribution in [1.29, 1.82) is 0 Å². The Morgan fingerprint density at radius 2 is 1.29 bits per heavy atom. The molecular formula is C47H84NO10P. The molecule has 342 valence electrons. The summed E-state index contributed by atoms with van der Waals surface area (Å²) in [6, 6.07) is 0. The minimum absolute atomic E-state index is 0.0197. The molecule has 1 aliphatic carbocycles. The molecule has 1 unspecified atom stereocenters. The molecule has 0 aromatic carbocycles. The second-order valence-electron chi connectivity index (χ2n) is 16.3. The van der Waals surface area contributed by atoms with Gasteiger partial charge in [0.1, 0.15) is 6.61 Å². The van der Waals surface area contributed by atoms with Crippen molar-refractivity contribution < 1.29 is 47.5 Å². The molecule has 0 saturated heterocycles. The fourth-order valence-electron chi connectivity index (χ4n) is 7.16. The Labute approximate surface area is 358 Å². The molecule has 0 spiro atoms. The Kier molecular flexibility index (Phi) is 35.0. The van der Waals surface area contributed by atoms with Crippen LogP contribution in [0.25, 0.3) is 0 Å². The van der Waals surface area contributed by atoms with Gasteiger partial charge >= 0.3 is 19.8 Å². The summed E-state index contributed by atoms with van der Waals surface area (Å²) in [5.41, 5.74) is 5.35. The van der Waals surface area contributed by atoms with Gasteiger partial charge in [0.15, 0.2) is 11.9 Å². The topological polar surface area (TPSA) is 172 Å². The van der Waals surface area contributed by atoms with Gasteiger partial charge in [-0.05, 0) is 44.1 Å². The number of esters is 2. The number of phosphoric ester groups is 1. The second kappa shape index (κ2) is 37.6. The molecule has 0 aromatic rings. The van der Waals surface area contributed by atoms with Crippen LogP contribution >= 0.6 is 7.82 Å². The first kappa shape index (κ1) is 54.9. The molecule has 0 amide bonds. The Bertz CT molecular complexity index is 1210. The molecule has 0 saturated carbocycles. The fraction of sp³-hybridized carbons (Fsp3) is 0.809. The number of allylic oxidation sites excluding steroid dienone is 5. The van der Waals surface area contributed by atoms with E-state index in [2.05, 4.69) is 13.8 Å². The van der Waals surface area contributed by atoms with E-state index in [9.17, 15) is 28.9 Å². The molecule has 5 atom stereocenters. The summed E-state index contributed by atoms with van der Waals surface area (Å²) in [4.78, 5) is 47.5. The lowest BCUT2D eigenvalue weighted by molar-refractivity contribution is -0.161. The number of hydrogen-bond donors (Lipinski definition) is 3. The van der Waals surface area contributed by atoms with Crippen LogP contribution in [0, 0.1) is 11.8 Å². The molecule has 4 N–H and O–H groups in total. The maximum absolute atomic E-state index is 12.7. The quantitative estimate of drug-likeness (QED) is 0.0231. The van der Waals surface area contributed by atoms with Gasteiger partial charge in [0.25, 0.3) is 0 Å². The average Bonchev–Trinajstić information content (AvgIpc) is 3.57. The smallest absolute Gasteiger partial charge is 0.462 e. The van der Waals surface area contributed by atoms with Crippen LogP contribution in [-0.2, 0) is 37.5 Å². The molecule has 0 radical (unpaired) electrons. The minimum Gasteiger partial charge on any atom is -0.462 e. The van der Waals surface area contributed by atoms with E-state index in [1.807, 2.05) is 24.3 Å². The fourth-order valence-corrected chi connectivity index (χ4v) is 7.92. The van der Waals surface area contributed by atoms with Gasteiger partial charge in [0.05, 0.1) is 19.3 Å². The standard InChI is InChI=1S/C47H84NO10P/c1-3-5-7-8-9-10-11-12-13-14-15-16-17-18-19-20-21-22-27-31-46(51)55-39-43(40-57-59(53,54)56-38-37-48)58-47(52)32-28-24-23-26-29-41-33-36-45(50)44(41)35-34-42(49)30-25-6-4-2/h23,26,33-36,41-44,49H,3-22,24-25,27-32,37-40,48H2,1-2H3,(H,53,54)/b26-23-,35-34+/t41-,42-,43+,44+/m0/s1. The SMILES string of the molecule is CCCCCCCCCCCCCCCCCCCCCC(=O)OC[C@H](COP(=O)(O)OCCN)OC(=O)CCC/C=C\C[C@H]1C=CC(=O)[C@@H]1/C=C/[C@@H](O)CCCCC. The summed E-state index contributed by atoms with van der Waals surface area (Å²) in [5, 5.41) is 10.2. The zero-order valence-electron chi connectivity index (χ0n) is 37.1. The first-order valence-corrected chi connectivity index (χ1v) is 25.0. The number of rotatable bonds is 41. The van der Waals surface area contributed by atoms with Gasteiger partial charge in [-0.1, -0.05) is 179 Å². The van der Waals surface area contributed by atoms with Crippen LogP contribution in [0.4, 0.5) is 0 Å². The lowest BCUT2D eigenvalue weighted by Gasteiger charge is -2.19. The molecule has 0 heterocycles.